The maximum atomic E-state index is 6.56. The van der Waals surface area contributed by atoms with Crippen molar-refractivity contribution in [2.24, 2.45) is 5.73 Å². The van der Waals surface area contributed by atoms with Crippen LogP contribution in [0.2, 0.25) is 0 Å². The minimum Gasteiger partial charge on any atom is -0.323 e. The molecule has 3 rings (SSSR count). The van der Waals surface area contributed by atoms with Crippen molar-refractivity contribution in [2.75, 3.05) is 0 Å². The van der Waals surface area contributed by atoms with Crippen molar-refractivity contribution in [1.29, 1.82) is 0 Å². The van der Waals surface area contributed by atoms with Gasteiger partial charge in [0.1, 0.15) is 0 Å². The molecule has 100 valence electrons. The highest BCUT2D eigenvalue weighted by molar-refractivity contribution is 9.11. The number of benzene rings is 1. The highest BCUT2D eigenvalue weighted by atomic mass is 79.9. The molecule has 1 heterocycles. The largest absolute Gasteiger partial charge is 0.323 e. The quantitative estimate of drug-likeness (QED) is 0.826. The van der Waals surface area contributed by atoms with Gasteiger partial charge in [-0.1, -0.05) is 24.3 Å². The second kappa shape index (κ2) is 5.39. The Morgan fingerprint density at radius 1 is 1.37 bits per heavy atom. The molecule has 2 aromatic rings. The van der Waals surface area contributed by atoms with Crippen LogP contribution in [0.4, 0.5) is 0 Å². The summed E-state index contributed by atoms with van der Waals surface area (Å²) in [6, 6.07) is 11.1. The number of rotatable bonds is 2. The summed E-state index contributed by atoms with van der Waals surface area (Å²) in [7, 11) is 0. The molecule has 0 aliphatic heterocycles. The fraction of sp³-hybridized carbons (Fsp3) is 0.375. The molecule has 0 spiro atoms. The van der Waals surface area contributed by atoms with Gasteiger partial charge in [-0.05, 0) is 64.9 Å². The molecule has 3 heteroatoms. The molecule has 1 aromatic carbocycles. The van der Waals surface area contributed by atoms with Gasteiger partial charge in [-0.15, -0.1) is 11.3 Å². The number of hydrogen-bond acceptors (Lipinski definition) is 2. The molecule has 0 saturated carbocycles. The molecule has 1 aliphatic rings. The lowest BCUT2D eigenvalue weighted by Crippen LogP contribution is -2.22. The Morgan fingerprint density at radius 3 is 2.89 bits per heavy atom. The Morgan fingerprint density at radius 2 is 2.16 bits per heavy atom. The predicted octanol–water partition coefficient (Wildman–Crippen LogP) is 4.94. The maximum Gasteiger partial charge on any atom is 0.0731 e. The topological polar surface area (TPSA) is 26.0 Å². The molecule has 19 heavy (non-hydrogen) atoms. The van der Waals surface area contributed by atoms with E-state index in [2.05, 4.69) is 53.2 Å². The zero-order valence-electron chi connectivity index (χ0n) is 11.0. The zero-order chi connectivity index (χ0) is 13.4. The van der Waals surface area contributed by atoms with Gasteiger partial charge in [-0.3, -0.25) is 0 Å². The third kappa shape index (κ3) is 2.51. The summed E-state index contributed by atoms with van der Waals surface area (Å²) in [6.45, 7) is 2.13. The van der Waals surface area contributed by atoms with E-state index in [1.165, 1.54) is 44.6 Å². The Kier molecular flexibility index (Phi) is 3.79. The zero-order valence-corrected chi connectivity index (χ0v) is 13.4. The van der Waals surface area contributed by atoms with Gasteiger partial charge < -0.3 is 5.73 Å². The molecule has 0 amide bonds. The highest BCUT2D eigenvalue weighted by Gasteiger charge is 2.27. The summed E-state index contributed by atoms with van der Waals surface area (Å²) in [5.41, 5.74) is 10.8. The third-order valence-electron chi connectivity index (χ3n) is 4.05. The van der Waals surface area contributed by atoms with Crippen LogP contribution in [0.25, 0.3) is 0 Å². The molecule has 2 atom stereocenters. The van der Waals surface area contributed by atoms with Gasteiger partial charge in [0.2, 0.25) is 0 Å². The van der Waals surface area contributed by atoms with Crippen LogP contribution in [0, 0.1) is 6.92 Å². The van der Waals surface area contributed by atoms with Crippen molar-refractivity contribution in [3.8, 4) is 0 Å². The average Bonchev–Trinajstić information content (AvgIpc) is 2.77. The van der Waals surface area contributed by atoms with Gasteiger partial charge in [0.25, 0.3) is 0 Å². The summed E-state index contributed by atoms with van der Waals surface area (Å²) in [6.07, 6.45) is 3.65. The van der Waals surface area contributed by atoms with E-state index < -0.39 is 0 Å². The Hall–Kier alpha value is -0.640. The van der Waals surface area contributed by atoms with Crippen LogP contribution >= 0.6 is 27.3 Å². The molecule has 0 fully saturated rings. The minimum atomic E-state index is 0.122. The van der Waals surface area contributed by atoms with E-state index in [0.29, 0.717) is 5.92 Å². The molecule has 1 nitrogen and oxygen atoms in total. The van der Waals surface area contributed by atoms with Gasteiger partial charge in [-0.25, -0.2) is 0 Å². The van der Waals surface area contributed by atoms with Gasteiger partial charge >= 0.3 is 0 Å². The van der Waals surface area contributed by atoms with Crippen molar-refractivity contribution in [1.82, 2.24) is 0 Å². The molecular formula is C16H18BrNS. The van der Waals surface area contributed by atoms with E-state index in [0.717, 1.165) is 0 Å². The molecule has 1 aromatic heterocycles. The monoisotopic (exact) mass is 335 g/mol. The number of halogens is 1. The first kappa shape index (κ1) is 13.3. The molecule has 0 bridgehead atoms. The standard InChI is InChI=1S/C16H18BrNS/c1-10-9-14(19-16(10)17)15(18)13-8-4-6-11-5-2-3-7-12(11)13/h2-3,5,7,9,13,15H,4,6,8,18H2,1H3. The van der Waals surface area contributed by atoms with Crippen LogP contribution in [-0.2, 0) is 6.42 Å². The van der Waals surface area contributed by atoms with Crippen molar-refractivity contribution in [2.45, 2.75) is 38.1 Å². The molecule has 2 N–H and O–H groups in total. The Labute approximate surface area is 127 Å². The van der Waals surface area contributed by atoms with Crippen LogP contribution in [-0.4, -0.2) is 0 Å². The summed E-state index contributed by atoms with van der Waals surface area (Å²) in [5.74, 6) is 0.467. The molecular weight excluding hydrogens is 318 g/mol. The van der Waals surface area contributed by atoms with E-state index >= 15 is 0 Å². The first-order valence-corrected chi connectivity index (χ1v) is 8.37. The molecule has 2 unspecified atom stereocenters. The summed E-state index contributed by atoms with van der Waals surface area (Å²) >= 11 is 5.39. The van der Waals surface area contributed by atoms with Crippen molar-refractivity contribution in [3.05, 3.63) is 55.7 Å². The number of fused-ring (bicyclic) bond motifs is 1. The Bertz CT molecular complexity index is 571. The lowest BCUT2D eigenvalue weighted by atomic mass is 9.78. The normalized spacial score (nSPS) is 20.1. The lowest BCUT2D eigenvalue weighted by molar-refractivity contribution is 0.479. The number of hydrogen-bond donors (Lipinski definition) is 1. The lowest BCUT2D eigenvalue weighted by Gasteiger charge is -2.29. The Balaban J connectivity index is 1.95. The smallest absolute Gasteiger partial charge is 0.0731 e. The van der Waals surface area contributed by atoms with Crippen LogP contribution in [0.1, 0.15) is 46.4 Å². The van der Waals surface area contributed by atoms with E-state index in [4.69, 9.17) is 5.73 Å². The van der Waals surface area contributed by atoms with Crippen molar-refractivity contribution >= 4 is 27.3 Å². The number of nitrogens with two attached hydrogens (primary N) is 1. The summed E-state index contributed by atoms with van der Waals surface area (Å²) in [5, 5.41) is 0. The van der Waals surface area contributed by atoms with Gasteiger partial charge in [0, 0.05) is 16.8 Å². The number of aryl methyl sites for hydroxylation is 2. The van der Waals surface area contributed by atoms with Crippen molar-refractivity contribution < 1.29 is 0 Å². The first-order chi connectivity index (χ1) is 9.16. The van der Waals surface area contributed by atoms with E-state index in [1.54, 1.807) is 11.3 Å². The van der Waals surface area contributed by atoms with Crippen LogP contribution in [0.3, 0.4) is 0 Å². The summed E-state index contributed by atoms with van der Waals surface area (Å²) in [4.78, 5) is 1.30. The minimum absolute atomic E-state index is 0.122. The van der Waals surface area contributed by atoms with Gasteiger partial charge in [-0.2, -0.15) is 0 Å². The molecule has 0 radical (unpaired) electrons. The number of thiophene rings is 1. The second-order valence-corrected chi connectivity index (χ2v) is 7.73. The predicted molar refractivity (Wildman–Crippen MR) is 85.8 cm³/mol. The first-order valence-electron chi connectivity index (χ1n) is 6.76. The highest BCUT2D eigenvalue weighted by Crippen LogP contribution is 2.42. The average molecular weight is 336 g/mol. The second-order valence-electron chi connectivity index (χ2n) is 5.33. The van der Waals surface area contributed by atoms with Crippen LogP contribution in [0.15, 0.2) is 34.1 Å². The van der Waals surface area contributed by atoms with Gasteiger partial charge in [0.05, 0.1) is 3.79 Å². The molecule has 0 saturated heterocycles. The summed E-state index contributed by atoms with van der Waals surface area (Å²) < 4.78 is 1.21. The van der Waals surface area contributed by atoms with Crippen molar-refractivity contribution in [3.63, 3.8) is 0 Å². The maximum absolute atomic E-state index is 6.56. The van der Waals surface area contributed by atoms with Crippen LogP contribution < -0.4 is 5.73 Å². The van der Waals surface area contributed by atoms with E-state index in [1.807, 2.05) is 0 Å². The SMILES string of the molecule is Cc1cc(C(N)C2CCCc3ccccc32)sc1Br. The fourth-order valence-corrected chi connectivity index (χ4v) is 4.65. The van der Waals surface area contributed by atoms with E-state index in [9.17, 15) is 0 Å². The van der Waals surface area contributed by atoms with E-state index in [-0.39, 0.29) is 6.04 Å². The van der Waals surface area contributed by atoms with Crippen LogP contribution in [0.5, 0.6) is 0 Å². The van der Waals surface area contributed by atoms with Gasteiger partial charge in [0.15, 0.2) is 0 Å². The molecule has 1 aliphatic carbocycles. The third-order valence-corrected chi connectivity index (χ3v) is 6.29. The fourth-order valence-electron chi connectivity index (χ4n) is 3.01.